The number of carbonyl (C=O) groups excluding carboxylic acids is 3. The van der Waals surface area contributed by atoms with E-state index in [1.807, 2.05) is 0 Å². The molecule has 1 heterocycles. The predicted octanol–water partition coefficient (Wildman–Crippen LogP) is 3.52. The number of nitrogens with one attached hydrogen (secondary N) is 1. The van der Waals surface area contributed by atoms with Gasteiger partial charge in [-0.3, -0.25) is 9.69 Å². The highest BCUT2D eigenvalue weighted by Crippen LogP contribution is 2.37. The number of methoxy groups -OCH3 is 1. The molecule has 1 aliphatic rings. The summed E-state index contributed by atoms with van der Waals surface area (Å²) in [4.78, 5) is 37.4. The first-order chi connectivity index (χ1) is 15.3. The van der Waals surface area contributed by atoms with Gasteiger partial charge >= 0.3 is 12.0 Å². The lowest BCUT2D eigenvalue weighted by Gasteiger charge is -2.13. The third-order valence-corrected chi connectivity index (χ3v) is 4.73. The number of benzene rings is 2. The third-order valence-electron chi connectivity index (χ3n) is 4.45. The lowest BCUT2D eigenvalue weighted by atomic mass is 10.1. The fourth-order valence-electron chi connectivity index (χ4n) is 2.98. The lowest BCUT2D eigenvalue weighted by molar-refractivity contribution is -0.145. The molecule has 2 aromatic rings. The second-order valence-corrected chi connectivity index (χ2v) is 7.01. The normalized spacial score (nSPS) is 14.5. The Morgan fingerprint density at radius 1 is 1.25 bits per heavy atom. The van der Waals surface area contributed by atoms with Crippen LogP contribution in [0.5, 0.6) is 11.5 Å². The zero-order valence-corrected chi connectivity index (χ0v) is 18.1. The molecule has 168 valence electrons. The van der Waals surface area contributed by atoms with Crippen LogP contribution in [0.3, 0.4) is 0 Å². The fourth-order valence-corrected chi connectivity index (χ4v) is 3.25. The Bertz CT molecular complexity index is 1090. The van der Waals surface area contributed by atoms with Crippen LogP contribution in [0.4, 0.5) is 9.18 Å². The number of carbonyl (C=O) groups is 3. The predicted molar refractivity (Wildman–Crippen MR) is 114 cm³/mol. The molecule has 0 atom stereocenters. The highest BCUT2D eigenvalue weighted by Gasteiger charge is 2.34. The molecule has 0 radical (unpaired) electrons. The van der Waals surface area contributed by atoms with Crippen LogP contribution < -0.4 is 14.8 Å². The average Bonchev–Trinajstić information content (AvgIpc) is 3.01. The standard InChI is InChI=1S/C22H20ClFN2O6/c1-3-31-19(27)12-32-20-15(23)8-13(10-18(20)30-2)9-17-21(28)26(22(29)25-17)11-14-6-4-5-7-16(14)24/h4-10H,3,11-12H2,1-2H3,(H,25,29). The Hall–Kier alpha value is -3.59. The van der Waals surface area contributed by atoms with E-state index in [1.165, 1.54) is 43.5 Å². The van der Waals surface area contributed by atoms with Crippen molar-refractivity contribution in [2.45, 2.75) is 13.5 Å². The van der Waals surface area contributed by atoms with E-state index in [2.05, 4.69) is 5.32 Å². The smallest absolute Gasteiger partial charge is 0.344 e. The van der Waals surface area contributed by atoms with Crippen molar-refractivity contribution in [2.24, 2.45) is 0 Å². The van der Waals surface area contributed by atoms with Gasteiger partial charge in [0.2, 0.25) is 0 Å². The number of amides is 3. The van der Waals surface area contributed by atoms with E-state index in [4.69, 9.17) is 25.8 Å². The Morgan fingerprint density at radius 2 is 2.00 bits per heavy atom. The first-order valence-electron chi connectivity index (χ1n) is 9.58. The number of halogens is 2. The van der Waals surface area contributed by atoms with Crippen molar-refractivity contribution in [1.29, 1.82) is 0 Å². The molecule has 0 bridgehead atoms. The molecule has 3 rings (SSSR count). The summed E-state index contributed by atoms with van der Waals surface area (Å²) in [6.45, 7) is 1.32. The minimum atomic E-state index is -0.669. The van der Waals surface area contributed by atoms with Crippen molar-refractivity contribution in [3.63, 3.8) is 0 Å². The van der Waals surface area contributed by atoms with Crippen molar-refractivity contribution in [2.75, 3.05) is 20.3 Å². The molecule has 1 fully saturated rings. The molecule has 0 saturated carbocycles. The quantitative estimate of drug-likeness (QED) is 0.366. The molecule has 32 heavy (non-hydrogen) atoms. The van der Waals surface area contributed by atoms with E-state index in [0.717, 1.165) is 4.90 Å². The Labute approximate surface area is 188 Å². The molecule has 1 N–H and O–H groups in total. The molecule has 1 saturated heterocycles. The number of hydrogen-bond donors (Lipinski definition) is 1. The van der Waals surface area contributed by atoms with E-state index in [9.17, 15) is 18.8 Å². The molecule has 1 aliphatic heterocycles. The van der Waals surface area contributed by atoms with Gasteiger partial charge in [0.05, 0.1) is 25.3 Å². The summed E-state index contributed by atoms with van der Waals surface area (Å²) in [6, 6.07) is 8.23. The molecule has 8 nitrogen and oxygen atoms in total. The van der Waals surface area contributed by atoms with E-state index < -0.39 is 23.7 Å². The maximum atomic E-state index is 13.9. The molecular weight excluding hydrogens is 443 g/mol. The SMILES string of the molecule is CCOC(=O)COc1c(Cl)cc(C=C2NC(=O)N(Cc3ccccc3F)C2=O)cc1OC. The first-order valence-corrected chi connectivity index (χ1v) is 9.95. The van der Waals surface area contributed by atoms with Gasteiger partial charge in [0, 0.05) is 5.56 Å². The van der Waals surface area contributed by atoms with Gasteiger partial charge in [0.15, 0.2) is 18.1 Å². The molecule has 0 spiro atoms. The van der Waals surface area contributed by atoms with Crippen LogP contribution in [0.1, 0.15) is 18.1 Å². The average molecular weight is 463 g/mol. The van der Waals surface area contributed by atoms with Crippen LogP contribution in [0.2, 0.25) is 5.02 Å². The van der Waals surface area contributed by atoms with Crippen LogP contribution in [-0.4, -0.2) is 43.1 Å². The number of esters is 1. The van der Waals surface area contributed by atoms with Crippen molar-refractivity contribution >= 4 is 35.6 Å². The van der Waals surface area contributed by atoms with Gasteiger partial charge in [-0.2, -0.15) is 0 Å². The molecule has 0 aromatic heterocycles. The third kappa shape index (κ3) is 5.17. The van der Waals surface area contributed by atoms with Crippen LogP contribution >= 0.6 is 11.6 Å². The van der Waals surface area contributed by atoms with Crippen molar-refractivity contribution in [3.05, 3.63) is 64.1 Å². The highest BCUT2D eigenvalue weighted by molar-refractivity contribution is 6.32. The molecule has 3 amide bonds. The number of nitrogens with zero attached hydrogens (tertiary/aromatic N) is 1. The summed E-state index contributed by atoms with van der Waals surface area (Å²) in [7, 11) is 1.39. The maximum Gasteiger partial charge on any atom is 0.344 e. The van der Waals surface area contributed by atoms with Crippen molar-refractivity contribution in [3.8, 4) is 11.5 Å². The van der Waals surface area contributed by atoms with Gasteiger partial charge in [0.25, 0.3) is 5.91 Å². The Morgan fingerprint density at radius 3 is 2.69 bits per heavy atom. The molecule has 0 unspecified atom stereocenters. The molecule has 10 heteroatoms. The monoisotopic (exact) mass is 462 g/mol. The van der Waals surface area contributed by atoms with Gasteiger partial charge in [-0.15, -0.1) is 0 Å². The van der Waals surface area contributed by atoms with Gasteiger partial charge < -0.3 is 19.5 Å². The second-order valence-electron chi connectivity index (χ2n) is 6.60. The summed E-state index contributed by atoms with van der Waals surface area (Å²) < 4.78 is 29.4. The number of urea groups is 1. The van der Waals surface area contributed by atoms with E-state index in [-0.39, 0.29) is 47.5 Å². The fraction of sp³-hybridized carbons (Fsp3) is 0.227. The summed E-state index contributed by atoms with van der Waals surface area (Å²) in [5, 5.41) is 2.59. The summed E-state index contributed by atoms with van der Waals surface area (Å²) >= 11 is 6.27. The van der Waals surface area contributed by atoms with E-state index >= 15 is 0 Å². The molecule has 2 aromatic carbocycles. The Kier molecular flexibility index (Phi) is 7.32. The van der Waals surface area contributed by atoms with E-state index in [1.54, 1.807) is 13.0 Å². The van der Waals surface area contributed by atoms with Gasteiger partial charge in [-0.1, -0.05) is 29.8 Å². The second kappa shape index (κ2) is 10.1. The summed E-state index contributed by atoms with van der Waals surface area (Å²) in [6.07, 6.45) is 1.41. The van der Waals surface area contributed by atoms with Crippen LogP contribution in [0, 0.1) is 5.82 Å². The molecule has 0 aliphatic carbocycles. The topological polar surface area (TPSA) is 94.2 Å². The summed E-state index contributed by atoms with van der Waals surface area (Å²) in [5.74, 6) is -1.34. The maximum absolute atomic E-state index is 13.9. The van der Waals surface area contributed by atoms with Gasteiger partial charge in [-0.25, -0.2) is 14.0 Å². The lowest BCUT2D eigenvalue weighted by Crippen LogP contribution is -2.30. The van der Waals surface area contributed by atoms with Crippen LogP contribution in [-0.2, 0) is 20.9 Å². The minimum Gasteiger partial charge on any atom is -0.493 e. The van der Waals surface area contributed by atoms with Crippen LogP contribution in [0.25, 0.3) is 6.08 Å². The molecular formula is C22H20ClFN2O6. The number of rotatable bonds is 8. The first kappa shape index (κ1) is 23.1. The number of imide groups is 1. The van der Waals surface area contributed by atoms with E-state index in [0.29, 0.717) is 5.56 Å². The highest BCUT2D eigenvalue weighted by atomic mass is 35.5. The van der Waals surface area contributed by atoms with Gasteiger partial charge in [-0.05, 0) is 36.8 Å². The number of hydrogen-bond acceptors (Lipinski definition) is 6. The number of ether oxygens (including phenoxy) is 3. The largest absolute Gasteiger partial charge is 0.493 e. The van der Waals surface area contributed by atoms with Gasteiger partial charge in [0.1, 0.15) is 11.5 Å². The zero-order valence-electron chi connectivity index (χ0n) is 17.3. The Balaban J connectivity index is 1.81. The van der Waals surface area contributed by atoms with Crippen molar-refractivity contribution < 1.29 is 33.0 Å². The van der Waals surface area contributed by atoms with Crippen LogP contribution in [0.15, 0.2) is 42.1 Å². The zero-order chi connectivity index (χ0) is 23.3. The summed E-state index contributed by atoms with van der Waals surface area (Å²) in [5.41, 5.74) is 0.640. The minimum absolute atomic E-state index is 0.00958. The van der Waals surface area contributed by atoms with Crippen molar-refractivity contribution in [1.82, 2.24) is 10.2 Å².